The number of thiazole rings is 1. The van der Waals surface area contributed by atoms with Gasteiger partial charge in [0.25, 0.3) is 0 Å². The number of hydrazone groups is 1. The monoisotopic (exact) mass is 328 g/mol. The van der Waals surface area contributed by atoms with Crippen molar-refractivity contribution in [3.05, 3.63) is 64.5 Å². The van der Waals surface area contributed by atoms with Gasteiger partial charge in [-0.05, 0) is 28.8 Å². The van der Waals surface area contributed by atoms with Crippen LogP contribution in [0.2, 0.25) is 5.02 Å². The van der Waals surface area contributed by atoms with E-state index in [9.17, 15) is 0 Å². The van der Waals surface area contributed by atoms with Gasteiger partial charge in [0.05, 0.1) is 6.21 Å². The molecule has 0 amide bonds. The molecule has 0 aliphatic carbocycles. The third-order valence-corrected chi connectivity index (χ3v) is 3.96. The van der Waals surface area contributed by atoms with Crippen LogP contribution in [0.3, 0.4) is 0 Å². The molecule has 0 unspecified atom stereocenters. The number of nitrogens with one attached hydrogen (secondary N) is 1. The van der Waals surface area contributed by atoms with E-state index in [1.165, 1.54) is 11.3 Å². The van der Waals surface area contributed by atoms with E-state index in [2.05, 4.69) is 15.5 Å². The molecule has 22 heavy (non-hydrogen) atoms. The first kappa shape index (κ1) is 14.6. The second kappa shape index (κ2) is 6.60. The van der Waals surface area contributed by atoms with Gasteiger partial charge in [0.2, 0.25) is 5.13 Å². The Hall–Kier alpha value is -2.37. The van der Waals surface area contributed by atoms with Crippen molar-refractivity contribution in [2.75, 3.05) is 11.2 Å². The molecule has 0 saturated heterocycles. The van der Waals surface area contributed by atoms with E-state index in [0.29, 0.717) is 10.9 Å². The molecule has 6 heteroatoms. The Balaban J connectivity index is 1.69. The fourth-order valence-corrected chi connectivity index (χ4v) is 2.67. The van der Waals surface area contributed by atoms with Crippen LogP contribution in [-0.2, 0) is 0 Å². The van der Waals surface area contributed by atoms with Crippen LogP contribution in [0.25, 0.3) is 11.1 Å². The summed E-state index contributed by atoms with van der Waals surface area (Å²) in [5.74, 6) is 0.494. The third-order valence-electron chi connectivity index (χ3n) is 2.96. The maximum atomic E-state index is 6.01. The fraction of sp³-hybridized carbons (Fsp3) is 0. The molecule has 2 aromatic carbocycles. The number of nitrogens with two attached hydrogens (primary N) is 1. The molecule has 3 N–H and O–H groups in total. The lowest BCUT2D eigenvalue weighted by Gasteiger charge is -2.02. The zero-order valence-electron chi connectivity index (χ0n) is 11.5. The molecule has 0 bridgehead atoms. The van der Waals surface area contributed by atoms with Crippen molar-refractivity contribution >= 4 is 40.1 Å². The lowest BCUT2D eigenvalue weighted by molar-refractivity contribution is 1.29. The van der Waals surface area contributed by atoms with E-state index in [-0.39, 0.29) is 0 Å². The van der Waals surface area contributed by atoms with Crippen molar-refractivity contribution in [3.8, 4) is 11.1 Å². The number of nitrogen functional groups attached to an aromatic ring is 1. The molecule has 3 aromatic rings. The van der Waals surface area contributed by atoms with Gasteiger partial charge in [0.1, 0.15) is 5.82 Å². The summed E-state index contributed by atoms with van der Waals surface area (Å²) in [6.07, 6.45) is 1.74. The molecule has 1 heterocycles. The summed E-state index contributed by atoms with van der Waals surface area (Å²) in [6.45, 7) is 0. The minimum Gasteiger partial charge on any atom is -0.383 e. The lowest BCUT2D eigenvalue weighted by Crippen LogP contribution is -1.91. The number of rotatable bonds is 4. The zero-order valence-corrected chi connectivity index (χ0v) is 13.1. The highest BCUT2D eigenvalue weighted by atomic mass is 35.5. The Bertz CT molecular complexity index is 796. The van der Waals surface area contributed by atoms with Crippen LogP contribution in [0.15, 0.2) is 59.0 Å². The normalized spacial score (nSPS) is 11.0. The Labute approximate surface area is 137 Å². The molecular weight excluding hydrogens is 316 g/mol. The van der Waals surface area contributed by atoms with Crippen molar-refractivity contribution in [1.82, 2.24) is 4.98 Å². The number of benzene rings is 2. The number of hydrogen-bond acceptors (Lipinski definition) is 5. The number of anilines is 2. The topological polar surface area (TPSA) is 63.3 Å². The van der Waals surface area contributed by atoms with Gasteiger partial charge in [-0.2, -0.15) is 5.10 Å². The minimum absolute atomic E-state index is 0.494. The second-order valence-corrected chi connectivity index (χ2v) is 5.87. The zero-order chi connectivity index (χ0) is 15.4. The average Bonchev–Trinajstić information content (AvgIpc) is 2.93. The number of aromatic nitrogens is 1. The van der Waals surface area contributed by atoms with Crippen molar-refractivity contribution in [3.63, 3.8) is 0 Å². The molecule has 110 valence electrons. The fourth-order valence-electron chi connectivity index (χ4n) is 1.93. The molecule has 1 aromatic heterocycles. The van der Waals surface area contributed by atoms with Crippen molar-refractivity contribution < 1.29 is 0 Å². The minimum atomic E-state index is 0.494. The van der Waals surface area contributed by atoms with Crippen LogP contribution in [0.1, 0.15) is 5.56 Å². The highest BCUT2D eigenvalue weighted by Crippen LogP contribution is 2.22. The van der Waals surface area contributed by atoms with E-state index >= 15 is 0 Å². The first-order valence-corrected chi connectivity index (χ1v) is 7.82. The number of nitrogens with zero attached hydrogens (tertiary/aromatic N) is 2. The first-order valence-electron chi connectivity index (χ1n) is 6.57. The molecule has 0 aliphatic heterocycles. The summed E-state index contributed by atoms with van der Waals surface area (Å²) >= 11 is 7.42. The number of hydrogen-bond donors (Lipinski definition) is 2. The molecule has 0 radical (unpaired) electrons. The van der Waals surface area contributed by atoms with Gasteiger partial charge in [0, 0.05) is 10.4 Å². The van der Waals surface area contributed by atoms with Gasteiger partial charge in [0.15, 0.2) is 0 Å². The van der Waals surface area contributed by atoms with Crippen LogP contribution in [-0.4, -0.2) is 11.2 Å². The highest BCUT2D eigenvalue weighted by Gasteiger charge is 1.99. The van der Waals surface area contributed by atoms with Crippen LogP contribution in [0.5, 0.6) is 0 Å². The SMILES string of the molecule is Nc1csc(NN=Cc2ccc(-c3cccc(Cl)c3)cc2)n1. The summed E-state index contributed by atoms with van der Waals surface area (Å²) in [5.41, 5.74) is 11.6. The van der Waals surface area contributed by atoms with Gasteiger partial charge < -0.3 is 5.73 Å². The lowest BCUT2D eigenvalue weighted by atomic mass is 10.0. The smallest absolute Gasteiger partial charge is 0.205 e. The van der Waals surface area contributed by atoms with Crippen LogP contribution >= 0.6 is 22.9 Å². The predicted molar refractivity (Wildman–Crippen MR) is 94.6 cm³/mol. The van der Waals surface area contributed by atoms with Crippen molar-refractivity contribution in [1.29, 1.82) is 0 Å². The quantitative estimate of drug-likeness (QED) is 0.548. The first-order chi connectivity index (χ1) is 10.7. The Morgan fingerprint density at radius 2 is 1.95 bits per heavy atom. The summed E-state index contributed by atoms with van der Waals surface area (Å²) in [5, 5.41) is 7.30. The van der Waals surface area contributed by atoms with Gasteiger partial charge in [-0.3, -0.25) is 5.43 Å². The maximum absolute atomic E-state index is 6.01. The van der Waals surface area contributed by atoms with Crippen LogP contribution < -0.4 is 11.2 Å². The average molecular weight is 329 g/mol. The van der Waals surface area contributed by atoms with Crippen molar-refractivity contribution in [2.24, 2.45) is 5.10 Å². The number of halogens is 1. The Morgan fingerprint density at radius 3 is 2.64 bits per heavy atom. The molecule has 0 aliphatic rings. The van der Waals surface area contributed by atoms with E-state index < -0.39 is 0 Å². The Kier molecular flexibility index (Phi) is 4.37. The maximum Gasteiger partial charge on any atom is 0.205 e. The summed E-state index contributed by atoms with van der Waals surface area (Å²) in [4.78, 5) is 4.06. The molecule has 0 spiro atoms. The van der Waals surface area contributed by atoms with Crippen LogP contribution in [0.4, 0.5) is 10.9 Å². The molecular formula is C16H13ClN4S. The van der Waals surface area contributed by atoms with E-state index in [1.807, 2.05) is 48.5 Å². The van der Waals surface area contributed by atoms with Gasteiger partial charge in [-0.15, -0.1) is 11.3 Å². The summed E-state index contributed by atoms with van der Waals surface area (Å²) in [6, 6.07) is 15.8. The van der Waals surface area contributed by atoms with Gasteiger partial charge in [-0.1, -0.05) is 48.0 Å². The standard InChI is InChI=1S/C16H13ClN4S/c17-14-3-1-2-13(8-14)12-6-4-11(5-7-12)9-19-21-16-20-15(18)10-22-16/h1-10H,18H2,(H,20,21). The third kappa shape index (κ3) is 3.63. The van der Waals surface area contributed by atoms with Crippen LogP contribution in [0, 0.1) is 0 Å². The second-order valence-electron chi connectivity index (χ2n) is 4.58. The molecule has 3 rings (SSSR count). The van der Waals surface area contributed by atoms with Gasteiger partial charge >= 0.3 is 0 Å². The Morgan fingerprint density at radius 1 is 1.14 bits per heavy atom. The largest absolute Gasteiger partial charge is 0.383 e. The highest BCUT2D eigenvalue weighted by molar-refractivity contribution is 7.14. The molecule has 0 atom stereocenters. The van der Waals surface area contributed by atoms with Gasteiger partial charge in [-0.25, -0.2) is 4.98 Å². The summed E-state index contributed by atoms with van der Waals surface area (Å²) in [7, 11) is 0. The molecule has 4 nitrogen and oxygen atoms in total. The van der Waals surface area contributed by atoms with E-state index in [0.717, 1.165) is 21.7 Å². The van der Waals surface area contributed by atoms with Crippen molar-refractivity contribution in [2.45, 2.75) is 0 Å². The molecule has 0 saturated carbocycles. The van der Waals surface area contributed by atoms with E-state index in [1.54, 1.807) is 11.6 Å². The summed E-state index contributed by atoms with van der Waals surface area (Å²) < 4.78 is 0. The molecule has 0 fully saturated rings. The van der Waals surface area contributed by atoms with E-state index in [4.69, 9.17) is 17.3 Å². The predicted octanol–water partition coefficient (Wildman–Crippen LogP) is 4.49.